The van der Waals surface area contributed by atoms with Gasteiger partial charge in [0.15, 0.2) is 5.75 Å². The van der Waals surface area contributed by atoms with Crippen molar-refractivity contribution < 1.29 is 19.9 Å². The lowest BCUT2D eigenvalue weighted by molar-refractivity contribution is -0.386. The Balaban J connectivity index is 0.000000422. The third-order valence-electron chi connectivity index (χ3n) is 2.88. The van der Waals surface area contributed by atoms with Crippen LogP contribution in [0.1, 0.15) is 20.8 Å². The summed E-state index contributed by atoms with van der Waals surface area (Å²) in [5.41, 5.74) is -0.274. The molecule has 1 aromatic rings. The van der Waals surface area contributed by atoms with Crippen molar-refractivity contribution in [1.82, 2.24) is 4.90 Å². The number of para-hydroxylation sites is 1. The minimum Gasteiger partial charge on any atom is -0.504 e. The molecule has 2 N–H and O–H groups in total. The van der Waals surface area contributed by atoms with Crippen molar-refractivity contribution in [1.29, 1.82) is 5.26 Å². The van der Waals surface area contributed by atoms with Crippen molar-refractivity contribution in [3.8, 4) is 17.6 Å². The predicted octanol–water partition coefficient (Wildman–Crippen LogP) is 2.33. The van der Waals surface area contributed by atoms with E-state index < -0.39 is 22.1 Å². The van der Waals surface area contributed by atoms with E-state index in [1.807, 2.05) is 19.9 Å². The van der Waals surface area contributed by atoms with Crippen LogP contribution in [0.3, 0.4) is 0 Å². The van der Waals surface area contributed by atoms with Crippen LogP contribution in [0.5, 0.6) is 11.5 Å². The summed E-state index contributed by atoms with van der Waals surface area (Å²) in [5, 5.41) is 36.3. The van der Waals surface area contributed by atoms with E-state index >= 15 is 0 Å². The van der Waals surface area contributed by atoms with Gasteiger partial charge in [0.2, 0.25) is 5.75 Å². The van der Waals surface area contributed by atoms with Crippen molar-refractivity contribution in [2.45, 2.75) is 20.8 Å². The quantitative estimate of drug-likeness (QED) is 0.288. The maximum Gasteiger partial charge on any atom is 0.314 e. The number of allylic oxidation sites excluding steroid dienone is 1. The number of hydrogen-bond acceptors (Lipinski definition) is 6. The van der Waals surface area contributed by atoms with Crippen molar-refractivity contribution in [3.05, 3.63) is 40.0 Å². The lowest BCUT2D eigenvalue weighted by Gasteiger charge is -2.17. The summed E-state index contributed by atoms with van der Waals surface area (Å²) in [6, 6.07) is 5.43. The van der Waals surface area contributed by atoms with Crippen LogP contribution in [0.4, 0.5) is 5.69 Å². The van der Waals surface area contributed by atoms with Gasteiger partial charge in [0.25, 0.3) is 5.91 Å². The first kappa shape index (κ1) is 19.9. The van der Waals surface area contributed by atoms with Crippen LogP contribution >= 0.6 is 0 Å². The van der Waals surface area contributed by atoms with E-state index in [9.17, 15) is 14.9 Å². The molecule has 0 saturated heterocycles. The van der Waals surface area contributed by atoms with Crippen LogP contribution in [0.25, 0.3) is 0 Å². The molecule has 0 heterocycles. The number of benzene rings is 1. The standard InChI is InChI=1S/C9H14N2O.C6H5NO4/c1-4-8(7-10)9(12)11(5-2)6-3;8-5-3-1-2-4(6(5)9)7(10)11/h4H,5-6H2,1-3H3;1-3,8-9H/b8-4+;. The Morgan fingerprint density at radius 3 is 2.30 bits per heavy atom. The van der Waals surface area contributed by atoms with Gasteiger partial charge in [-0.2, -0.15) is 5.26 Å². The van der Waals surface area contributed by atoms with E-state index in [-0.39, 0.29) is 11.5 Å². The van der Waals surface area contributed by atoms with Gasteiger partial charge in [-0.15, -0.1) is 0 Å². The molecule has 0 unspecified atom stereocenters. The van der Waals surface area contributed by atoms with Crippen LogP contribution in [0, 0.1) is 21.4 Å². The normalized spacial score (nSPS) is 10.1. The molecule has 0 aliphatic carbocycles. The fourth-order valence-electron chi connectivity index (χ4n) is 1.58. The number of likely N-dealkylation sites (N-methyl/N-ethyl adjacent to an activating group) is 1. The van der Waals surface area contributed by atoms with Crippen LogP contribution in [0.15, 0.2) is 29.8 Å². The molecule has 1 aromatic carbocycles. The Morgan fingerprint density at radius 1 is 1.39 bits per heavy atom. The number of phenols is 2. The van der Waals surface area contributed by atoms with Crippen molar-refractivity contribution >= 4 is 11.6 Å². The molecule has 8 nitrogen and oxygen atoms in total. The molecule has 0 atom stereocenters. The zero-order valence-corrected chi connectivity index (χ0v) is 13.2. The van der Waals surface area contributed by atoms with Gasteiger partial charge in [-0.1, -0.05) is 12.1 Å². The Bertz CT molecular complexity index is 630. The van der Waals surface area contributed by atoms with Crippen LogP contribution in [-0.4, -0.2) is 39.0 Å². The number of carbonyl (C=O) groups excluding carboxylic acids is 1. The summed E-state index contributed by atoms with van der Waals surface area (Å²) in [6.07, 6.45) is 1.54. The Morgan fingerprint density at radius 2 is 1.96 bits per heavy atom. The molecular formula is C15H19N3O5. The fraction of sp³-hybridized carbons (Fsp3) is 0.333. The summed E-state index contributed by atoms with van der Waals surface area (Å²) in [7, 11) is 0. The smallest absolute Gasteiger partial charge is 0.314 e. The van der Waals surface area contributed by atoms with Crippen LogP contribution in [-0.2, 0) is 4.79 Å². The summed E-state index contributed by atoms with van der Waals surface area (Å²) in [6.45, 7) is 6.78. The molecule has 124 valence electrons. The van der Waals surface area contributed by atoms with Crippen molar-refractivity contribution in [2.75, 3.05) is 13.1 Å². The zero-order valence-electron chi connectivity index (χ0n) is 13.2. The number of rotatable bonds is 4. The molecular weight excluding hydrogens is 302 g/mol. The molecule has 0 radical (unpaired) electrons. The number of nitrogens with zero attached hydrogens (tertiary/aromatic N) is 3. The SMILES string of the molecule is C/C=C(\C#N)C(=O)N(CC)CC.O=[N+]([O-])c1cccc(O)c1O. The molecule has 0 fully saturated rings. The maximum absolute atomic E-state index is 11.4. The third-order valence-corrected chi connectivity index (χ3v) is 2.88. The Kier molecular flexibility index (Phi) is 8.47. The number of amides is 1. The second kappa shape index (κ2) is 9.78. The number of phenolic OH excluding ortho intramolecular Hbond substituents is 2. The number of carbonyl (C=O) groups is 1. The number of aromatic hydroxyl groups is 2. The predicted molar refractivity (Wildman–Crippen MR) is 83.7 cm³/mol. The van der Waals surface area contributed by atoms with Gasteiger partial charge in [-0.05, 0) is 26.8 Å². The largest absolute Gasteiger partial charge is 0.504 e. The number of hydrogen-bond donors (Lipinski definition) is 2. The van der Waals surface area contributed by atoms with Crippen molar-refractivity contribution in [3.63, 3.8) is 0 Å². The second-order valence-electron chi connectivity index (χ2n) is 4.19. The molecule has 1 amide bonds. The highest BCUT2D eigenvalue weighted by atomic mass is 16.6. The average Bonchev–Trinajstić information content (AvgIpc) is 2.53. The van der Waals surface area contributed by atoms with E-state index in [0.29, 0.717) is 13.1 Å². The summed E-state index contributed by atoms with van der Waals surface area (Å²) >= 11 is 0. The lowest BCUT2D eigenvalue weighted by Crippen LogP contribution is -2.31. The van der Waals surface area contributed by atoms with Gasteiger partial charge < -0.3 is 15.1 Å². The maximum atomic E-state index is 11.4. The first-order valence-corrected chi connectivity index (χ1v) is 6.84. The topological polar surface area (TPSA) is 128 Å². The summed E-state index contributed by atoms with van der Waals surface area (Å²) in [4.78, 5) is 22.4. The monoisotopic (exact) mass is 321 g/mol. The zero-order chi connectivity index (χ0) is 18.0. The van der Waals surface area contributed by atoms with Crippen molar-refractivity contribution in [2.24, 2.45) is 0 Å². The minimum atomic E-state index is -0.769. The molecule has 1 rings (SSSR count). The number of nitriles is 1. The molecule has 0 aliphatic rings. The lowest BCUT2D eigenvalue weighted by atomic mass is 10.2. The highest BCUT2D eigenvalue weighted by Gasteiger charge is 2.15. The minimum absolute atomic E-state index is 0.176. The molecule has 0 spiro atoms. The molecule has 8 heteroatoms. The van der Waals surface area contributed by atoms with Gasteiger partial charge in [0.1, 0.15) is 11.6 Å². The highest BCUT2D eigenvalue weighted by Crippen LogP contribution is 2.33. The number of nitro groups is 1. The van der Waals surface area contributed by atoms with E-state index in [1.165, 1.54) is 12.1 Å². The first-order valence-electron chi connectivity index (χ1n) is 6.84. The van der Waals surface area contributed by atoms with Gasteiger partial charge >= 0.3 is 5.69 Å². The van der Waals surface area contributed by atoms with Crippen LogP contribution in [0.2, 0.25) is 0 Å². The third kappa shape index (κ3) is 5.67. The molecule has 0 aliphatic heterocycles. The number of nitro benzene ring substituents is 1. The summed E-state index contributed by atoms with van der Waals surface area (Å²) in [5.74, 6) is -1.36. The molecule has 23 heavy (non-hydrogen) atoms. The van der Waals surface area contributed by atoms with Gasteiger partial charge in [0, 0.05) is 19.2 Å². The first-order chi connectivity index (χ1) is 10.8. The van der Waals surface area contributed by atoms with Gasteiger partial charge in [0.05, 0.1) is 4.92 Å². The van der Waals surface area contributed by atoms with E-state index in [4.69, 9.17) is 15.5 Å². The highest BCUT2D eigenvalue weighted by molar-refractivity contribution is 5.97. The second-order valence-corrected chi connectivity index (χ2v) is 4.19. The fourth-order valence-corrected chi connectivity index (χ4v) is 1.58. The molecule has 0 saturated carbocycles. The van der Waals surface area contributed by atoms with E-state index in [0.717, 1.165) is 6.07 Å². The van der Waals surface area contributed by atoms with E-state index in [1.54, 1.807) is 17.9 Å². The average molecular weight is 321 g/mol. The molecule has 0 bridgehead atoms. The van der Waals surface area contributed by atoms with E-state index in [2.05, 4.69) is 0 Å². The van der Waals surface area contributed by atoms with Gasteiger partial charge in [-0.25, -0.2) is 0 Å². The summed E-state index contributed by atoms with van der Waals surface area (Å²) < 4.78 is 0. The molecule has 0 aromatic heterocycles. The van der Waals surface area contributed by atoms with Gasteiger partial charge in [-0.3, -0.25) is 14.9 Å². The van der Waals surface area contributed by atoms with Crippen LogP contribution < -0.4 is 0 Å². The Labute approximate surface area is 134 Å². The Hall–Kier alpha value is -3.08.